The van der Waals surface area contributed by atoms with Gasteiger partial charge in [-0.05, 0) is 51.4 Å². The number of hydrogen-bond donors (Lipinski definition) is 1. The highest BCUT2D eigenvalue weighted by Gasteiger charge is 2.35. The molecule has 0 aliphatic carbocycles. The Morgan fingerprint density at radius 3 is 2.58 bits per heavy atom. The molecule has 0 saturated carbocycles. The van der Waals surface area contributed by atoms with Crippen molar-refractivity contribution in [3.05, 3.63) is 48.5 Å². The topological polar surface area (TPSA) is 55.5 Å². The second kappa shape index (κ2) is 5.83. The fourth-order valence-corrected chi connectivity index (χ4v) is 2.98. The summed E-state index contributed by atoms with van der Waals surface area (Å²) >= 11 is 0. The van der Waals surface area contributed by atoms with E-state index >= 15 is 0 Å². The van der Waals surface area contributed by atoms with Crippen LogP contribution in [0.25, 0.3) is 33.0 Å². The van der Waals surface area contributed by atoms with E-state index in [1.807, 2.05) is 50.2 Å². The summed E-state index contributed by atoms with van der Waals surface area (Å²) in [5.74, 6) is 0. The van der Waals surface area contributed by atoms with Crippen molar-refractivity contribution in [1.29, 1.82) is 0 Å². The zero-order valence-corrected chi connectivity index (χ0v) is 15.5. The van der Waals surface area contributed by atoms with Crippen LogP contribution >= 0.6 is 0 Å². The number of pyridine rings is 1. The molecule has 0 atom stereocenters. The smallest absolute Gasteiger partial charge is 0.310 e. The van der Waals surface area contributed by atoms with E-state index in [1.54, 1.807) is 13.8 Å². The first kappa shape index (κ1) is 17.1. The second-order valence-electron chi connectivity index (χ2n) is 7.78. The minimum absolute atomic E-state index is 0.385. The van der Waals surface area contributed by atoms with Gasteiger partial charge in [0.25, 0.3) is 0 Å². The average Bonchev–Trinajstić information content (AvgIpc) is 2.95. The van der Waals surface area contributed by atoms with Crippen LogP contribution in [0.15, 0.2) is 52.9 Å². The summed E-state index contributed by atoms with van der Waals surface area (Å²) in [6.07, 6.45) is 0. The number of rotatable bonds is 4. The Hall–Kier alpha value is -2.37. The van der Waals surface area contributed by atoms with E-state index in [0.717, 1.165) is 32.7 Å². The number of aromatic nitrogens is 1. The maximum Gasteiger partial charge on any atom is 0.310 e. The fraction of sp³-hybridized carbons (Fsp3) is 0.286. The average molecular weight is 347 g/mol. The largest absolute Gasteiger partial charge is 0.438 e. The van der Waals surface area contributed by atoms with Gasteiger partial charge in [-0.15, -0.1) is 0 Å². The van der Waals surface area contributed by atoms with Gasteiger partial charge in [0.15, 0.2) is 0 Å². The minimum atomic E-state index is -0.947. The highest BCUT2D eigenvalue weighted by Crippen LogP contribution is 2.30. The first-order chi connectivity index (χ1) is 12.3. The van der Waals surface area contributed by atoms with E-state index in [2.05, 4.69) is 17.1 Å². The molecule has 4 nitrogen and oxygen atoms in total. The van der Waals surface area contributed by atoms with Crippen LogP contribution in [-0.2, 0) is 4.65 Å². The molecule has 0 unspecified atom stereocenters. The zero-order chi connectivity index (χ0) is 18.5. The van der Waals surface area contributed by atoms with Gasteiger partial charge in [-0.3, -0.25) is 0 Å². The van der Waals surface area contributed by atoms with E-state index in [0.29, 0.717) is 13.2 Å². The van der Waals surface area contributed by atoms with Crippen LogP contribution in [0, 0.1) is 0 Å². The molecule has 0 radical (unpaired) electrons. The Balaban J connectivity index is 1.84. The number of furan rings is 1. The summed E-state index contributed by atoms with van der Waals surface area (Å²) in [4.78, 5) is 4.66. The fourth-order valence-electron chi connectivity index (χ4n) is 2.98. The molecule has 5 heteroatoms. The van der Waals surface area contributed by atoms with Crippen LogP contribution in [0.5, 0.6) is 0 Å². The van der Waals surface area contributed by atoms with Gasteiger partial charge in [-0.2, -0.15) is 0 Å². The molecule has 1 N–H and O–H groups in total. The van der Waals surface area contributed by atoms with Gasteiger partial charge in [-0.1, -0.05) is 30.3 Å². The summed E-state index contributed by atoms with van der Waals surface area (Å²) in [7, 11) is 0.385. The van der Waals surface area contributed by atoms with E-state index in [9.17, 15) is 5.11 Å². The maximum absolute atomic E-state index is 10.3. The van der Waals surface area contributed by atoms with Crippen LogP contribution in [0.3, 0.4) is 0 Å². The number of benzene rings is 2. The van der Waals surface area contributed by atoms with Crippen molar-refractivity contribution in [2.75, 3.05) is 0 Å². The quantitative estimate of drug-likeness (QED) is 0.572. The van der Waals surface area contributed by atoms with Crippen molar-refractivity contribution >= 4 is 45.9 Å². The number of fused-ring (bicyclic) bond motifs is 4. The van der Waals surface area contributed by atoms with Crippen LogP contribution in [0.2, 0.25) is 0 Å². The molecule has 0 saturated heterocycles. The molecule has 0 bridgehead atoms. The molecule has 0 amide bonds. The minimum Gasteiger partial charge on any atom is -0.438 e. The van der Waals surface area contributed by atoms with Gasteiger partial charge in [0.1, 0.15) is 5.58 Å². The SMILES string of the molecule is CC(C)(O)C(C)(C)OBc1cccc2oc3nc4ccccc4cc3c12. The second-order valence-corrected chi connectivity index (χ2v) is 7.78. The van der Waals surface area contributed by atoms with Gasteiger partial charge in [-0.25, -0.2) is 4.98 Å². The van der Waals surface area contributed by atoms with E-state index in [1.165, 1.54) is 0 Å². The van der Waals surface area contributed by atoms with Gasteiger partial charge in [0.2, 0.25) is 5.71 Å². The summed E-state index contributed by atoms with van der Waals surface area (Å²) in [5.41, 5.74) is 1.74. The van der Waals surface area contributed by atoms with Crippen LogP contribution in [-0.4, -0.2) is 28.8 Å². The Morgan fingerprint density at radius 1 is 1.04 bits per heavy atom. The lowest BCUT2D eigenvalue weighted by molar-refractivity contribution is -0.0893. The zero-order valence-electron chi connectivity index (χ0n) is 15.5. The Kier molecular flexibility index (Phi) is 3.83. The van der Waals surface area contributed by atoms with Gasteiger partial charge < -0.3 is 14.2 Å². The molecule has 0 fully saturated rings. The predicted octanol–water partition coefficient (Wildman–Crippen LogP) is 3.68. The molecule has 0 aliphatic rings. The lowest BCUT2D eigenvalue weighted by Gasteiger charge is -2.37. The van der Waals surface area contributed by atoms with E-state index < -0.39 is 11.2 Å². The predicted molar refractivity (Wildman–Crippen MR) is 107 cm³/mol. The lowest BCUT2D eigenvalue weighted by atomic mass is 9.80. The number of nitrogens with zero attached hydrogens (tertiary/aromatic N) is 1. The Bertz CT molecular complexity index is 1110. The van der Waals surface area contributed by atoms with Gasteiger partial charge >= 0.3 is 7.48 Å². The van der Waals surface area contributed by atoms with Crippen molar-refractivity contribution in [3.63, 3.8) is 0 Å². The highest BCUT2D eigenvalue weighted by atomic mass is 16.5. The third kappa shape index (κ3) is 2.77. The molecule has 0 spiro atoms. The summed E-state index contributed by atoms with van der Waals surface area (Å²) in [6, 6.07) is 16.1. The molecule has 4 aromatic rings. The van der Waals surface area contributed by atoms with Gasteiger partial charge in [0.05, 0.1) is 16.7 Å². The summed E-state index contributed by atoms with van der Waals surface area (Å²) in [6.45, 7) is 7.32. The lowest BCUT2D eigenvalue weighted by Crippen LogP contribution is -2.49. The van der Waals surface area contributed by atoms with Crippen molar-refractivity contribution < 1.29 is 14.2 Å². The van der Waals surface area contributed by atoms with Crippen molar-refractivity contribution in [1.82, 2.24) is 4.98 Å². The molecule has 132 valence electrons. The van der Waals surface area contributed by atoms with Crippen molar-refractivity contribution in [3.8, 4) is 0 Å². The number of aliphatic hydroxyl groups is 1. The third-order valence-electron chi connectivity index (χ3n) is 5.34. The molecular weight excluding hydrogens is 325 g/mol. The molecule has 0 aliphatic heterocycles. The first-order valence-electron chi connectivity index (χ1n) is 8.82. The van der Waals surface area contributed by atoms with Crippen LogP contribution in [0.1, 0.15) is 27.7 Å². The van der Waals surface area contributed by atoms with E-state index in [4.69, 9.17) is 9.07 Å². The van der Waals surface area contributed by atoms with Crippen molar-refractivity contribution in [2.45, 2.75) is 38.9 Å². The molecular formula is C21H22BNO3. The number of hydrogen-bond acceptors (Lipinski definition) is 4. The Morgan fingerprint density at radius 2 is 1.81 bits per heavy atom. The monoisotopic (exact) mass is 347 g/mol. The highest BCUT2D eigenvalue weighted by molar-refractivity contribution is 6.52. The Labute approximate surface area is 153 Å². The molecule has 2 aromatic heterocycles. The molecule has 26 heavy (non-hydrogen) atoms. The van der Waals surface area contributed by atoms with Crippen molar-refractivity contribution in [2.24, 2.45) is 0 Å². The van der Waals surface area contributed by atoms with Gasteiger partial charge in [0, 0.05) is 16.2 Å². The summed E-state index contributed by atoms with van der Waals surface area (Å²) in [5, 5.41) is 13.4. The molecule has 2 aromatic carbocycles. The molecule has 4 rings (SSSR count). The summed E-state index contributed by atoms with van der Waals surface area (Å²) < 4.78 is 12.1. The van der Waals surface area contributed by atoms with Crippen LogP contribution in [0.4, 0.5) is 0 Å². The number of para-hydroxylation sites is 1. The standard InChI is InChI=1S/C21H22BNO3/c1-20(2,24)21(3,4)26-22-15-9-7-11-17-18(15)14-12-13-8-5-6-10-16(13)23-19(14)25-17/h5-12,22,24H,1-4H3. The first-order valence-corrected chi connectivity index (χ1v) is 8.82. The molecule has 2 heterocycles. The van der Waals surface area contributed by atoms with E-state index in [-0.39, 0.29) is 0 Å². The maximum atomic E-state index is 10.3. The normalized spacial score (nSPS) is 13.0. The van der Waals surface area contributed by atoms with Crippen LogP contribution < -0.4 is 5.46 Å². The third-order valence-corrected chi connectivity index (χ3v) is 5.34.